The van der Waals surface area contributed by atoms with Crippen LogP contribution in [0.25, 0.3) is 0 Å². The zero-order chi connectivity index (χ0) is 13.0. The highest BCUT2D eigenvalue weighted by Gasteiger charge is 2.21. The summed E-state index contributed by atoms with van der Waals surface area (Å²) in [7, 11) is 0. The van der Waals surface area contributed by atoms with Crippen molar-refractivity contribution in [2.75, 3.05) is 6.61 Å². The van der Waals surface area contributed by atoms with Crippen LogP contribution in [0.3, 0.4) is 0 Å². The summed E-state index contributed by atoms with van der Waals surface area (Å²) in [6.07, 6.45) is 5.47. The third-order valence-corrected chi connectivity index (χ3v) is 3.94. The molecule has 0 amide bonds. The van der Waals surface area contributed by atoms with E-state index in [2.05, 4.69) is 15.9 Å². The molecule has 4 heteroatoms. The molecule has 2 rings (SSSR count). The predicted molar refractivity (Wildman–Crippen MR) is 71.2 cm³/mol. The summed E-state index contributed by atoms with van der Waals surface area (Å²) in [4.78, 5) is 11.9. The van der Waals surface area contributed by atoms with Crippen LogP contribution in [0.2, 0.25) is 0 Å². The van der Waals surface area contributed by atoms with Crippen molar-refractivity contribution in [1.29, 1.82) is 0 Å². The Kier molecular flexibility index (Phi) is 4.75. The van der Waals surface area contributed by atoms with Crippen LogP contribution in [-0.2, 0) is 4.79 Å². The smallest absolute Gasteiger partial charge is 0.173 e. The van der Waals surface area contributed by atoms with Gasteiger partial charge in [-0.1, -0.05) is 19.3 Å². The molecular weight excluding hydrogens is 299 g/mol. The highest BCUT2D eigenvalue weighted by Crippen LogP contribution is 2.25. The van der Waals surface area contributed by atoms with Gasteiger partial charge in [0.05, 0.1) is 4.47 Å². The molecule has 18 heavy (non-hydrogen) atoms. The lowest BCUT2D eigenvalue weighted by Gasteiger charge is -2.20. The van der Waals surface area contributed by atoms with E-state index in [1.54, 1.807) is 6.07 Å². The zero-order valence-electron chi connectivity index (χ0n) is 10.1. The second-order valence-corrected chi connectivity index (χ2v) is 5.52. The van der Waals surface area contributed by atoms with Gasteiger partial charge >= 0.3 is 0 Å². The molecule has 1 saturated carbocycles. The molecule has 98 valence electrons. The maximum absolute atomic E-state index is 13.0. The number of halogens is 2. The Hall–Kier alpha value is -0.900. The zero-order valence-corrected chi connectivity index (χ0v) is 11.7. The fraction of sp³-hybridized carbons (Fsp3) is 0.500. The minimum absolute atomic E-state index is 0.0861. The predicted octanol–water partition coefficient (Wildman–Crippen LogP) is 4.12. The molecule has 0 spiro atoms. The van der Waals surface area contributed by atoms with E-state index >= 15 is 0 Å². The fourth-order valence-corrected chi connectivity index (χ4v) is 2.62. The molecule has 2 nitrogen and oxygen atoms in total. The molecule has 1 aromatic carbocycles. The van der Waals surface area contributed by atoms with E-state index in [0.717, 1.165) is 25.7 Å². The molecule has 1 fully saturated rings. The average Bonchev–Trinajstić information content (AvgIpc) is 2.41. The van der Waals surface area contributed by atoms with Crippen molar-refractivity contribution < 1.29 is 13.9 Å². The number of hydrogen-bond acceptors (Lipinski definition) is 2. The summed E-state index contributed by atoms with van der Waals surface area (Å²) in [5.74, 6) is 0.506. The van der Waals surface area contributed by atoms with E-state index in [9.17, 15) is 9.18 Å². The second-order valence-electron chi connectivity index (χ2n) is 4.67. The number of ketones is 1. The first-order chi connectivity index (χ1) is 8.66. The third-order valence-electron chi connectivity index (χ3n) is 3.33. The molecule has 0 aromatic heterocycles. The molecule has 1 aliphatic carbocycles. The van der Waals surface area contributed by atoms with E-state index in [0.29, 0.717) is 10.2 Å². The number of hydrogen-bond donors (Lipinski definition) is 0. The van der Waals surface area contributed by atoms with Crippen molar-refractivity contribution in [2.24, 2.45) is 5.92 Å². The van der Waals surface area contributed by atoms with E-state index in [4.69, 9.17) is 4.74 Å². The van der Waals surface area contributed by atoms with Crippen LogP contribution in [0, 0.1) is 11.7 Å². The molecule has 0 unspecified atom stereocenters. The van der Waals surface area contributed by atoms with Gasteiger partial charge in [-0.25, -0.2) is 4.39 Å². The lowest BCUT2D eigenvalue weighted by Crippen LogP contribution is -2.23. The molecule has 0 atom stereocenters. The van der Waals surface area contributed by atoms with Gasteiger partial charge in [0.25, 0.3) is 0 Å². The Morgan fingerprint density at radius 2 is 2.06 bits per heavy atom. The summed E-state index contributed by atoms with van der Waals surface area (Å²) in [6, 6.07) is 4.40. The standard InChI is InChI=1S/C14H16BrFO2/c15-12-8-11(6-7-13(12)16)18-9-14(17)10-4-2-1-3-5-10/h6-8,10H,1-5,9H2. The summed E-state index contributed by atoms with van der Waals surface area (Å²) in [5.41, 5.74) is 0. The van der Waals surface area contributed by atoms with Crippen molar-refractivity contribution in [3.05, 3.63) is 28.5 Å². The quantitative estimate of drug-likeness (QED) is 0.835. The van der Waals surface area contributed by atoms with Gasteiger partial charge in [0.2, 0.25) is 0 Å². The third kappa shape index (κ3) is 3.55. The Morgan fingerprint density at radius 1 is 1.33 bits per heavy atom. The number of carbonyl (C=O) groups excluding carboxylic acids is 1. The lowest BCUT2D eigenvalue weighted by molar-refractivity contribution is -0.125. The highest BCUT2D eigenvalue weighted by molar-refractivity contribution is 9.10. The summed E-state index contributed by atoms with van der Waals surface area (Å²) >= 11 is 3.09. The number of benzene rings is 1. The number of carbonyl (C=O) groups is 1. The number of ether oxygens (including phenoxy) is 1. The Labute approximate surface area is 115 Å². The highest BCUT2D eigenvalue weighted by atomic mass is 79.9. The molecule has 0 saturated heterocycles. The van der Waals surface area contributed by atoms with Gasteiger partial charge in [-0.2, -0.15) is 0 Å². The largest absolute Gasteiger partial charge is 0.486 e. The topological polar surface area (TPSA) is 26.3 Å². The van der Waals surface area contributed by atoms with E-state index in [1.165, 1.54) is 18.6 Å². The van der Waals surface area contributed by atoms with Crippen molar-refractivity contribution >= 4 is 21.7 Å². The lowest BCUT2D eigenvalue weighted by atomic mass is 9.86. The summed E-state index contributed by atoms with van der Waals surface area (Å²) in [6.45, 7) is 0.0861. The number of rotatable bonds is 4. The van der Waals surface area contributed by atoms with Crippen molar-refractivity contribution in [3.8, 4) is 5.75 Å². The summed E-state index contributed by atoms with van der Waals surface area (Å²) in [5, 5.41) is 0. The van der Waals surface area contributed by atoms with Gasteiger partial charge in [-0.15, -0.1) is 0 Å². The first-order valence-electron chi connectivity index (χ1n) is 6.27. The van der Waals surface area contributed by atoms with Crippen LogP contribution in [0.15, 0.2) is 22.7 Å². The maximum atomic E-state index is 13.0. The minimum atomic E-state index is -0.332. The minimum Gasteiger partial charge on any atom is -0.486 e. The molecule has 0 bridgehead atoms. The van der Waals surface area contributed by atoms with E-state index in [1.807, 2.05) is 0 Å². The van der Waals surface area contributed by atoms with Crippen LogP contribution in [-0.4, -0.2) is 12.4 Å². The van der Waals surface area contributed by atoms with Crippen LogP contribution < -0.4 is 4.74 Å². The molecule has 0 aliphatic heterocycles. The second kappa shape index (κ2) is 6.32. The van der Waals surface area contributed by atoms with E-state index < -0.39 is 0 Å². The van der Waals surface area contributed by atoms with Gasteiger partial charge in [0.1, 0.15) is 18.2 Å². The van der Waals surface area contributed by atoms with Crippen LogP contribution >= 0.6 is 15.9 Å². The molecule has 1 aliphatic rings. The van der Waals surface area contributed by atoms with Gasteiger partial charge < -0.3 is 4.74 Å². The van der Waals surface area contributed by atoms with Gasteiger partial charge in [-0.3, -0.25) is 4.79 Å². The first kappa shape index (κ1) is 13.5. The normalized spacial score (nSPS) is 16.6. The van der Waals surface area contributed by atoms with Gasteiger partial charge in [-0.05, 0) is 47.0 Å². The average molecular weight is 315 g/mol. The molecular formula is C14H16BrFO2. The monoisotopic (exact) mass is 314 g/mol. The van der Waals surface area contributed by atoms with Gasteiger partial charge in [0, 0.05) is 5.92 Å². The Balaban J connectivity index is 1.86. The van der Waals surface area contributed by atoms with Crippen LogP contribution in [0.5, 0.6) is 5.75 Å². The number of Topliss-reactive ketones (excluding diaryl/α,β-unsaturated/α-hetero) is 1. The van der Waals surface area contributed by atoms with E-state index in [-0.39, 0.29) is 24.1 Å². The molecule has 0 radical (unpaired) electrons. The van der Waals surface area contributed by atoms with Crippen LogP contribution in [0.4, 0.5) is 4.39 Å². The van der Waals surface area contributed by atoms with Crippen molar-refractivity contribution in [2.45, 2.75) is 32.1 Å². The summed E-state index contributed by atoms with van der Waals surface area (Å²) < 4.78 is 18.8. The van der Waals surface area contributed by atoms with Crippen molar-refractivity contribution in [1.82, 2.24) is 0 Å². The Morgan fingerprint density at radius 3 is 2.72 bits per heavy atom. The van der Waals surface area contributed by atoms with Crippen LogP contribution in [0.1, 0.15) is 32.1 Å². The SMILES string of the molecule is O=C(COc1ccc(F)c(Br)c1)C1CCCCC1. The fourth-order valence-electron chi connectivity index (χ4n) is 2.26. The molecule has 0 heterocycles. The molecule has 0 N–H and O–H groups in total. The Bertz CT molecular complexity index is 428. The molecule has 1 aromatic rings. The maximum Gasteiger partial charge on any atom is 0.173 e. The van der Waals surface area contributed by atoms with Crippen molar-refractivity contribution in [3.63, 3.8) is 0 Å². The van der Waals surface area contributed by atoms with Gasteiger partial charge in [0.15, 0.2) is 5.78 Å². The first-order valence-corrected chi connectivity index (χ1v) is 7.06.